The number of hydrogen-bond acceptors (Lipinski definition) is 3. The number of allylic oxidation sites excluding steroid dienone is 1. The van der Waals surface area contributed by atoms with Crippen molar-refractivity contribution in [3.8, 4) is 17.2 Å². The van der Waals surface area contributed by atoms with Crippen LogP contribution < -0.4 is 9.47 Å². The van der Waals surface area contributed by atoms with E-state index in [2.05, 4.69) is 13.5 Å². The summed E-state index contributed by atoms with van der Waals surface area (Å²) in [5, 5.41) is 9.45. The van der Waals surface area contributed by atoms with E-state index in [9.17, 15) is 5.11 Å². The lowest BCUT2D eigenvalue weighted by Gasteiger charge is -2.16. The molecule has 22 heavy (non-hydrogen) atoms. The molecule has 0 saturated carbocycles. The van der Waals surface area contributed by atoms with Crippen molar-refractivity contribution in [2.24, 2.45) is 0 Å². The summed E-state index contributed by atoms with van der Waals surface area (Å²) < 4.78 is 11.7. The number of rotatable bonds is 4. The van der Waals surface area contributed by atoms with E-state index in [0.717, 1.165) is 34.6 Å². The maximum atomic E-state index is 9.45. The molecule has 0 saturated heterocycles. The van der Waals surface area contributed by atoms with Gasteiger partial charge in [-0.15, -0.1) is 6.58 Å². The van der Waals surface area contributed by atoms with Crippen molar-refractivity contribution in [2.45, 2.75) is 25.4 Å². The summed E-state index contributed by atoms with van der Waals surface area (Å²) in [5.74, 6) is 2.27. The fraction of sp³-hybridized carbons (Fsp3) is 0.263. The van der Waals surface area contributed by atoms with Gasteiger partial charge >= 0.3 is 0 Å². The number of benzene rings is 2. The second-order valence-electron chi connectivity index (χ2n) is 5.62. The van der Waals surface area contributed by atoms with Gasteiger partial charge in [-0.1, -0.05) is 25.1 Å². The van der Waals surface area contributed by atoms with Crippen LogP contribution in [0.4, 0.5) is 0 Å². The molecule has 2 aromatic rings. The molecule has 0 bridgehead atoms. The van der Waals surface area contributed by atoms with Gasteiger partial charge in [-0.2, -0.15) is 0 Å². The van der Waals surface area contributed by atoms with Gasteiger partial charge in [0.05, 0.1) is 7.11 Å². The van der Waals surface area contributed by atoms with E-state index in [1.807, 2.05) is 30.3 Å². The summed E-state index contributed by atoms with van der Waals surface area (Å²) in [4.78, 5) is 0. The molecule has 0 aromatic heterocycles. The highest BCUT2D eigenvalue weighted by Crippen LogP contribution is 2.49. The van der Waals surface area contributed by atoms with Crippen LogP contribution in [0.5, 0.6) is 17.2 Å². The third kappa shape index (κ3) is 2.43. The largest absolute Gasteiger partial charge is 0.508 e. The van der Waals surface area contributed by atoms with Crippen molar-refractivity contribution in [2.75, 3.05) is 7.11 Å². The van der Waals surface area contributed by atoms with Crippen molar-refractivity contribution >= 4 is 0 Å². The molecule has 3 rings (SSSR count). The Morgan fingerprint density at radius 2 is 2.00 bits per heavy atom. The second-order valence-corrected chi connectivity index (χ2v) is 5.62. The summed E-state index contributed by atoms with van der Waals surface area (Å²) in [6.45, 7) is 5.97. The number of aromatic hydroxyl groups is 1. The number of fused-ring (bicyclic) bond motifs is 1. The zero-order valence-corrected chi connectivity index (χ0v) is 12.9. The van der Waals surface area contributed by atoms with Crippen molar-refractivity contribution in [1.29, 1.82) is 0 Å². The molecule has 1 heterocycles. The molecule has 1 aliphatic heterocycles. The highest BCUT2D eigenvalue weighted by atomic mass is 16.5. The lowest BCUT2D eigenvalue weighted by Crippen LogP contribution is -2.07. The van der Waals surface area contributed by atoms with E-state index in [1.54, 1.807) is 19.2 Å². The lowest BCUT2D eigenvalue weighted by atomic mass is 9.91. The molecule has 2 aromatic carbocycles. The number of hydrogen-bond donors (Lipinski definition) is 1. The smallest absolute Gasteiger partial charge is 0.130 e. The molecular formula is C19H20O3. The molecule has 1 aliphatic rings. The Hall–Kier alpha value is -2.42. The Labute approximate surface area is 130 Å². The Kier molecular flexibility index (Phi) is 3.80. The number of phenols is 1. The summed E-state index contributed by atoms with van der Waals surface area (Å²) in [5.41, 5.74) is 3.32. The summed E-state index contributed by atoms with van der Waals surface area (Å²) >= 11 is 0. The van der Waals surface area contributed by atoms with Crippen LogP contribution >= 0.6 is 0 Å². The molecule has 3 nitrogen and oxygen atoms in total. The molecule has 114 valence electrons. The van der Waals surface area contributed by atoms with Gasteiger partial charge in [-0.3, -0.25) is 0 Å². The van der Waals surface area contributed by atoms with E-state index in [-0.39, 0.29) is 17.8 Å². The molecule has 0 amide bonds. The molecule has 0 radical (unpaired) electrons. The van der Waals surface area contributed by atoms with Gasteiger partial charge in [-0.25, -0.2) is 0 Å². The van der Waals surface area contributed by atoms with E-state index in [0.29, 0.717) is 0 Å². The van der Waals surface area contributed by atoms with Crippen LogP contribution in [0.15, 0.2) is 49.1 Å². The van der Waals surface area contributed by atoms with Crippen molar-refractivity contribution in [1.82, 2.24) is 0 Å². The van der Waals surface area contributed by atoms with E-state index >= 15 is 0 Å². The third-order valence-electron chi connectivity index (χ3n) is 4.18. The molecular weight excluding hydrogens is 276 g/mol. The van der Waals surface area contributed by atoms with Gasteiger partial charge in [-0.05, 0) is 36.2 Å². The Balaban J connectivity index is 2.01. The minimum Gasteiger partial charge on any atom is -0.508 e. The van der Waals surface area contributed by atoms with Crippen molar-refractivity contribution in [3.63, 3.8) is 0 Å². The quantitative estimate of drug-likeness (QED) is 0.852. The van der Waals surface area contributed by atoms with E-state index < -0.39 is 0 Å². The molecule has 0 fully saturated rings. The Bertz CT molecular complexity index is 689. The van der Waals surface area contributed by atoms with Crippen LogP contribution in [0.3, 0.4) is 0 Å². The molecule has 0 aliphatic carbocycles. The minimum atomic E-state index is -0.0497. The van der Waals surface area contributed by atoms with Gasteiger partial charge in [0, 0.05) is 17.0 Å². The number of phenolic OH excluding ortho intramolecular Hbond substituents is 1. The van der Waals surface area contributed by atoms with Gasteiger partial charge in [0.2, 0.25) is 0 Å². The lowest BCUT2D eigenvalue weighted by molar-refractivity contribution is 0.214. The highest BCUT2D eigenvalue weighted by molar-refractivity contribution is 5.53. The third-order valence-corrected chi connectivity index (χ3v) is 4.18. The first kappa shape index (κ1) is 14.5. The first-order valence-corrected chi connectivity index (χ1v) is 7.41. The molecule has 2 unspecified atom stereocenters. The van der Waals surface area contributed by atoms with Gasteiger partial charge in [0.25, 0.3) is 0 Å². The summed E-state index contributed by atoms with van der Waals surface area (Å²) in [6, 6.07) is 11.3. The molecule has 2 atom stereocenters. The van der Waals surface area contributed by atoms with Crippen LogP contribution in [0.1, 0.15) is 35.6 Å². The zero-order chi connectivity index (χ0) is 15.7. The Morgan fingerprint density at radius 3 is 2.64 bits per heavy atom. The predicted octanol–water partition coefficient (Wildman–Crippen LogP) is 4.37. The molecule has 0 spiro atoms. The van der Waals surface area contributed by atoms with Gasteiger partial charge < -0.3 is 14.6 Å². The van der Waals surface area contributed by atoms with Crippen LogP contribution in [0, 0.1) is 0 Å². The molecule has 3 heteroatoms. The summed E-state index contributed by atoms with van der Waals surface area (Å²) in [7, 11) is 1.68. The predicted molar refractivity (Wildman–Crippen MR) is 86.8 cm³/mol. The van der Waals surface area contributed by atoms with Crippen molar-refractivity contribution in [3.05, 3.63) is 65.7 Å². The normalized spacial score (nSPS) is 19.4. The summed E-state index contributed by atoms with van der Waals surface area (Å²) in [6.07, 6.45) is 2.57. The monoisotopic (exact) mass is 296 g/mol. The van der Waals surface area contributed by atoms with Gasteiger partial charge in [0.1, 0.15) is 23.4 Å². The van der Waals surface area contributed by atoms with Gasteiger partial charge in [0.15, 0.2) is 0 Å². The standard InChI is InChI=1S/C19H20O3/c1-4-5-14-10-16(21-3)11-17-12(2)18(22-19(14)17)13-6-8-15(20)9-7-13/h4,6-12,18,20H,1,5H2,2-3H3. The van der Waals surface area contributed by atoms with Crippen molar-refractivity contribution < 1.29 is 14.6 Å². The number of methoxy groups -OCH3 is 1. The maximum absolute atomic E-state index is 9.45. The van der Waals surface area contributed by atoms with Crippen LogP contribution in [-0.2, 0) is 6.42 Å². The fourth-order valence-electron chi connectivity index (χ4n) is 3.00. The topological polar surface area (TPSA) is 38.7 Å². The zero-order valence-electron chi connectivity index (χ0n) is 12.9. The first-order valence-electron chi connectivity index (χ1n) is 7.41. The first-order chi connectivity index (χ1) is 10.6. The van der Waals surface area contributed by atoms with E-state index in [4.69, 9.17) is 9.47 Å². The second kappa shape index (κ2) is 5.76. The van der Waals surface area contributed by atoms with Crippen LogP contribution in [-0.4, -0.2) is 12.2 Å². The number of ether oxygens (including phenoxy) is 2. The van der Waals surface area contributed by atoms with E-state index in [1.165, 1.54) is 0 Å². The maximum Gasteiger partial charge on any atom is 0.130 e. The molecule has 1 N–H and O–H groups in total. The minimum absolute atomic E-state index is 0.0497. The fourth-order valence-corrected chi connectivity index (χ4v) is 3.00. The SMILES string of the molecule is C=CCc1cc(OC)cc2c1OC(c1ccc(O)cc1)C2C. The van der Waals surface area contributed by atoms with Crippen LogP contribution in [0.2, 0.25) is 0 Å². The Morgan fingerprint density at radius 1 is 1.27 bits per heavy atom. The highest BCUT2D eigenvalue weighted by Gasteiger charge is 2.34. The van der Waals surface area contributed by atoms with Crippen LogP contribution in [0.25, 0.3) is 0 Å². The average molecular weight is 296 g/mol. The average Bonchev–Trinajstić information content (AvgIpc) is 2.86.